The van der Waals surface area contributed by atoms with Crippen molar-refractivity contribution in [2.75, 3.05) is 5.75 Å². The zero-order chi connectivity index (χ0) is 17.0. The molecule has 0 saturated carbocycles. The average Bonchev–Trinajstić information content (AvgIpc) is 3.04. The fourth-order valence-corrected chi connectivity index (χ4v) is 2.97. The second-order valence-electron chi connectivity index (χ2n) is 5.13. The lowest BCUT2D eigenvalue weighted by Gasteiger charge is -2.06. The van der Waals surface area contributed by atoms with Gasteiger partial charge in [0.15, 0.2) is 5.82 Å². The summed E-state index contributed by atoms with van der Waals surface area (Å²) >= 11 is 1.46. The van der Waals surface area contributed by atoms with Crippen LogP contribution in [-0.2, 0) is 12.6 Å². The third kappa shape index (κ3) is 4.17. The van der Waals surface area contributed by atoms with Crippen molar-refractivity contribution in [1.29, 1.82) is 0 Å². The first-order chi connectivity index (χ1) is 11.5. The van der Waals surface area contributed by atoms with Crippen molar-refractivity contribution in [2.24, 2.45) is 0 Å². The van der Waals surface area contributed by atoms with Gasteiger partial charge in [0.2, 0.25) is 5.16 Å². The molecule has 1 N–H and O–H groups in total. The summed E-state index contributed by atoms with van der Waals surface area (Å²) in [6.45, 7) is 0. The van der Waals surface area contributed by atoms with E-state index in [2.05, 4.69) is 15.2 Å². The van der Waals surface area contributed by atoms with E-state index in [4.69, 9.17) is 0 Å². The molecule has 0 fully saturated rings. The second-order valence-corrected chi connectivity index (χ2v) is 6.19. The summed E-state index contributed by atoms with van der Waals surface area (Å²) in [7, 11) is 0. The van der Waals surface area contributed by atoms with Crippen LogP contribution in [0.25, 0.3) is 11.4 Å². The van der Waals surface area contributed by atoms with Crippen molar-refractivity contribution >= 4 is 11.8 Å². The number of rotatable bonds is 5. The average molecular weight is 349 g/mol. The quantitative estimate of drug-likeness (QED) is 0.671. The number of thioether (sulfide) groups is 1. The summed E-state index contributed by atoms with van der Waals surface area (Å²) in [4.78, 5) is 4.26. The van der Waals surface area contributed by atoms with Gasteiger partial charge in [-0.05, 0) is 24.1 Å². The number of alkyl halides is 3. The van der Waals surface area contributed by atoms with E-state index in [1.807, 2.05) is 30.3 Å². The summed E-state index contributed by atoms with van der Waals surface area (Å²) in [5.74, 6) is 1.13. The third-order valence-corrected chi connectivity index (χ3v) is 4.24. The Kier molecular flexibility index (Phi) is 4.89. The minimum absolute atomic E-state index is 0.336. The smallest absolute Gasteiger partial charge is 0.258 e. The lowest BCUT2D eigenvalue weighted by molar-refractivity contribution is -0.137. The maximum atomic E-state index is 12.8. The van der Waals surface area contributed by atoms with Crippen LogP contribution in [0.3, 0.4) is 0 Å². The molecule has 0 saturated heterocycles. The van der Waals surface area contributed by atoms with E-state index in [-0.39, 0.29) is 0 Å². The van der Waals surface area contributed by atoms with Gasteiger partial charge in [0.1, 0.15) is 0 Å². The standard InChI is InChI=1S/C17H14F3N3S/c18-17(19,20)14-8-4-7-13(11-14)15-21-16(23-22-15)24-10-9-12-5-2-1-3-6-12/h1-8,11H,9-10H2,(H,21,22,23). The first kappa shape index (κ1) is 16.6. The van der Waals surface area contributed by atoms with Crippen molar-refractivity contribution in [2.45, 2.75) is 17.8 Å². The molecule has 0 bridgehead atoms. The maximum Gasteiger partial charge on any atom is 0.416 e. The van der Waals surface area contributed by atoms with E-state index in [9.17, 15) is 13.2 Å². The highest BCUT2D eigenvalue weighted by Gasteiger charge is 2.30. The first-order valence-corrected chi connectivity index (χ1v) is 8.28. The highest BCUT2D eigenvalue weighted by Crippen LogP contribution is 2.31. The molecule has 0 aliphatic heterocycles. The Labute approximate surface area is 141 Å². The van der Waals surface area contributed by atoms with Crippen molar-refractivity contribution in [1.82, 2.24) is 15.2 Å². The molecule has 1 heterocycles. The number of aromatic amines is 1. The molecule has 0 atom stereocenters. The Balaban J connectivity index is 1.65. The number of hydrogen-bond acceptors (Lipinski definition) is 3. The summed E-state index contributed by atoms with van der Waals surface area (Å²) in [5.41, 5.74) is 0.889. The number of H-pyrrole nitrogens is 1. The van der Waals surface area contributed by atoms with Crippen LogP contribution < -0.4 is 0 Å². The van der Waals surface area contributed by atoms with E-state index in [0.717, 1.165) is 24.3 Å². The molecule has 0 aliphatic carbocycles. The Hall–Kier alpha value is -2.28. The van der Waals surface area contributed by atoms with E-state index < -0.39 is 11.7 Å². The third-order valence-electron chi connectivity index (χ3n) is 3.39. The molecular weight excluding hydrogens is 335 g/mol. The summed E-state index contributed by atoms with van der Waals surface area (Å²) in [6, 6.07) is 15.1. The summed E-state index contributed by atoms with van der Waals surface area (Å²) < 4.78 is 38.3. The first-order valence-electron chi connectivity index (χ1n) is 7.29. The predicted octanol–water partition coefficient (Wildman–Crippen LogP) is 4.83. The number of aryl methyl sites for hydroxylation is 1. The fourth-order valence-electron chi connectivity index (χ4n) is 2.19. The Morgan fingerprint density at radius 2 is 1.79 bits per heavy atom. The number of nitrogens with one attached hydrogen (secondary N) is 1. The van der Waals surface area contributed by atoms with Crippen molar-refractivity contribution < 1.29 is 13.2 Å². The molecule has 0 spiro atoms. The number of hydrogen-bond donors (Lipinski definition) is 1. The summed E-state index contributed by atoms with van der Waals surface area (Å²) in [5, 5.41) is 7.29. The topological polar surface area (TPSA) is 41.6 Å². The van der Waals surface area contributed by atoms with Gasteiger partial charge in [0, 0.05) is 11.3 Å². The van der Waals surface area contributed by atoms with Crippen LogP contribution in [-0.4, -0.2) is 20.9 Å². The van der Waals surface area contributed by atoms with Gasteiger partial charge in [-0.1, -0.05) is 54.2 Å². The van der Waals surface area contributed by atoms with E-state index >= 15 is 0 Å². The molecule has 3 rings (SSSR count). The van der Waals surface area contributed by atoms with Gasteiger partial charge in [0.05, 0.1) is 5.56 Å². The molecule has 2 aromatic carbocycles. The Morgan fingerprint density at radius 3 is 2.54 bits per heavy atom. The zero-order valence-electron chi connectivity index (χ0n) is 12.5. The molecule has 24 heavy (non-hydrogen) atoms. The van der Waals surface area contributed by atoms with Crippen LogP contribution in [0.4, 0.5) is 13.2 Å². The van der Waals surface area contributed by atoms with Gasteiger partial charge in [-0.15, -0.1) is 5.10 Å². The van der Waals surface area contributed by atoms with Crippen LogP contribution in [0.5, 0.6) is 0 Å². The minimum atomic E-state index is -4.37. The molecule has 0 aliphatic rings. The van der Waals surface area contributed by atoms with Gasteiger partial charge >= 0.3 is 6.18 Å². The van der Waals surface area contributed by atoms with E-state index in [1.54, 1.807) is 6.07 Å². The molecule has 3 aromatic rings. The molecule has 3 nitrogen and oxygen atoms in total. The number of aromatic nitrogens is 3. The van der Waals surface area contributed by atoms with Crippen LogP contribution in [0, 0.1) is 0 Å². The number of nitrogens with zero attached hydrogens (tertiary/aromatic N) is 2. The van der Waals surface area contributed by atoms with Crippen LogP contribution in [0.15, 0.2) is 59.8 Å². The van der Waals surface area contributed by atoms with Gasteiger partial charge in [-0.2, -0.15) is 13.2 Å². The normalized spacial score (nSPS) is 11.6. The molecule has 0 amide bonds. The van der Waals surface area contributed by atoms with Gasteiger partial charge in [0.25, 0.3) is 0 Å². The molecule has 124 valence electrons. The monoisotopic (exact) mass is 349 g/mol. The second kappa shape index (κ2) is 7.09. The molecule has 7 heteroatoms. The zero-order valence-corrected chi connectivity index (χ0v) is 13.4. The van der Waals surface area contributed by atoms with Crippen LogP contribution >= 0.6 is 11.8 Å². The maximum absolute atomic E-state index is 12.8. The van der Waals surface area contributed by atoms with Crippen LogP contribution in [0.1, 0.15) is 11.1 Å². The largest absolute Gasteiger partial charge is 0.416 e. The fraction of sp³-hybridized carbons (Fsp3) is 0.176. The molecule has 0 radical (unpaired) electrons. The SMILES string of the molecule is FC(F)(F)c1cccc(-c2nc(SCCc3ccccc3)n[nH]2)c1. The minimum Gasteiger partial charge on any atom is -0.258 e. The van der Waals surface area contributed by atoms with E-state index in [0.29, 0.717) is 16.5 Å². The number of halogens is 3. The Morgan fingerprint density at radius 1 is 1.00 bits per heavy atom. The molecule has 1 aromatic heterocycles. The Bertz CT molecular complexity index is 800. The van der Waals surface area contributed by atoms with Crippen LogP contribution in [0.2, 0.25) is 0 Å². The van der Waals surface area contributed by atoms with Crippen molar-refractivity contribution in [3.05, 3.63) is 65.7 Å². The number of benzene rings is 2. The lowest BCUT2D eigenvalue weighted by atomic mass is 10.1. The highest BCUT2D eigenvalue weighted by atomic mass is 32.2. The van der Waals surface area contributed by atoms with Gasteiger partial charge < -0.3 is 0 Å². The molecular formula is C17H14F3N3S. The summed E-state index contributed by atoms with van der Waals surface area (Å²) in [6.07, 6.45) is -3.50. The van der Waals surface area contributed by atoms with Gasteiger partial charge in [-0.3, -0.25) is 5.10 Å². The molecule has 0 unspecified atom stereocenters. The van der Waals surface area contributed by atoms with Crippen molar-refractivity contribution in [3.8, 4) is 11.4 Å². The lowest BCUT2D eigenvalue weighted by Crippen LogP contribution is -2.04. The van der Waals surface area contributed by atoms with Crippen molar-refractivity contribution in [3.63, 3.8) is 0 Å². The highest BCUT2D eigenvalue weighted by molar-refractivity contribution is 7.99. The van der Waals surface area contributed by atoms with E-state index in [1.165, 1.54) is 23.4 Å². The van der Waals surface area contributed by atoms with Gasteiger partial charge in [-0.25, -0.2) is 4.98 Å². The predicted molar refractivity (Wildman–Crippen MR) is 87.7 cm³/mol.